The van der Waals surface area contributed by atoms with Gasteiger partial charge in [-0.1, -0.05) is 90.1 Å². The molecule has 0 unspecified atom stereocenters. The molecule has 0 atom stereocenters. The van der Waals surface area contributed by atoms with Crippen LogP contribution in [0.15, 0.2) is 146 Å². The second kappa shape index (κ2) is 12.3. The molecule has 0 fully saturated rings. The predicted molar refractivity (Wildman–Crippen MR) is 214 cm³/mol. The maximum absolute atomic E-state index is 4.88. The molecule has 8 aromatic rings. The van der Waals surface area contributed by atoms with E-state index in [1.807, 2.05) is 6.20 Å². The van der Waals surface area contributed by atoms with Gasteiger partial charge < -0.3 is 14.4 Å². The third-order valence-electron chi connectivity index (χ3n) is 11.1. The Kier molecular flexibility index (Phi) is 7.76. The van der Waals surface area contributed by atoms with Crippen molar-refractivity contribution in [2.75, 3.05) is 16.5 Å². The number of hydrogen-bond acceptors (Lipinski definition) is 3. The van der Waals surface area contributed by atoms with Crippen molar-refractivity contribution in [3.05, 3.63) is 186 Å². The number of benzene rings is 6. The van der Waals surface area contributed by atoms with Gasteiger partial charge in [-0.2, -0.15) is 36.4 Å². The molecule has 0 spiro atoms. The largest absolute Gasteiger partial charge is 2.00 e. The molecule has 1 aliphatic carbocycles. The van der Waals surface area contributed by atoms with Crippen molar-refractivity contribution in [3.8, 4) is 16.9 Å². The molecule has 6 aromatic carbocycles. The molecule has 0 N–H and O–H groups in total. The van der Waals surface area contributed by atoms with Gasteiger partial charge in [0.2, 0.25) is 0 Å². The van der Waals surface area contributed by atoms with E-state index in [-0.39, 0.29) is 26.6 Å². The molecule has 10 rings (SSSR count). The summed E-state index contributed by atoms with van der Waals surface area (Å²) in [5.74, 6) is 0.894. The van der Waals surface area contributed by atoms with Gasteiger partial charge in [-0.05, 0) is 91.2 Å². The van der Waals surface area contributed by atoms with E-state index in [4.69, 9.17) is 4.98 Å². The van der Waals surface area contributed by atoms with Crippen LogP contribution in [0.4, 0.5) is 17.1 Å². The third-order valence-corrected chi connectivity index (χ3v) is 11.1. The van der Waals surface area contributed by atoms with Gasteiger partial charge in [0.05, 0.1) is 18.0 Å². The molecule has 3 heterocycles. The molecule has 1 aliphatic heterocycles. The number of hydrogen-bond donors (Lipinski definition) is 0. The summed E-state index contributed by atoms with van der Waals surface area (Å²) in [5.41, 5.74) is 13.3. The van der Waals surface area contributed by atoms with E-state index in [1.54, 1.807) is 0 Å². The van der Waals surface area contributed by atoms with Gasteiger partial charge in [0.15, 0.2) is 0 Å². The summed E-state index contributed by atoms with van der Waals surface area (Å²) in [6.07, 6.45) is 1.90. The molecule has 0 bridgehead atoms. The maximum Gasteiger partial charge on any atom is 2.00 e. The van der Waals surface area contributed by atoms with E-state index in [0.29, 0.717) is 0 Å². The Bertz CT molecular complexity index is 2650. The van der Waals surface area contributed by atoms with Crippen molar-refractivity contribution in [3.63, 3.8) is 0 Å². The average molecular weight is 866 g/mol. The fraction of sp³-hybridized carbons (Fsp3) is 0.146. The number of aromatic nitrogens is 2. The zero-order valence-electron chi connectivity index (χ0n) is 30.2. The van der Waals surface area contributed by atoms with Crippen LogP contribution in [0.5, 0.6) is 0 Å². The number of pyridine rings is 1. The predicted octanol–water partition coefficient (Wildman–Crippen LogP) is 11.2. The van der Waals surface area contributed by atoms with Crippen LogP contribution in [0.3, 0.4) is 0 Å². The first kappa shape index (κ1) is 33.4. The summed E-state index contributed by atoms with van der Waals surface area (Å²) in [5, 5.41) is 2.35. The van der Waals surface area contributed by atoms with E-state index in [1.165, 1.54) is 44.6 Å². The quantitative estimate of drug-likeness (QED) is 0.165. The van der Waals surface area contributed by atoms with Gasteiger partial charge in [-0.25, -0.2) is 4.98 Å². The minimum Gasteiger partial charge on any atom is -0.347 e. The van der Waals surface area contributed by atoms with Crippen LogP contribution in [0, 0.1) is 19.1 Å². The SMILES string of the molecule is Cc1ccnc(-n2c3[c-]c(C4(c5[c-]c(N6CN(C(C)(C)C)c7ccccc76)ccc5)c5ccccc5-c5ccccc54)ccc3c3ccccc32)c1.[Pt+2]. The minimum atomic E-state index is -0.665. The zero-order chi connectivity index (χ0) is 35.2. The zero-order valence-corrected chi connectivity index (χ0v) is 32.4. The Morgan fingerprint density at radius 3 is 2.04 bits per heavy atom. The monoisotopic (exact) mass is 865 g/mol. The van der Waals surface area contributed by atoms with Crippen molar-refractivity contribution in [1.82, 2.24) is 9.55 Å². The Labute approximate surface area is 325 Å². The molecule has 0 radical (unpaired) electrons. The molecular weight excluding hydrogens is 828 g/mol. The summed E-state index contributed by atoms with van der Waals surface area (Å²) < 4.78 is 2.28. The van der Waals surface area contributed by atoms with Crippen molar-refractivity contribution < 1.29 is 21.1 Å². The molecule has 0 saturated carbocycles. The van der Waals surface area contributed by atoms with Gasteiger partial charge in [0.1, 0.15) is 5.82 Å². The van der Waals surface area contributed by atoms with Crippen molar-refractivity contribution in [2.45, 2.75) is 38.6 Å². The smallest absolute Gasteiger partial charge is 0.347 e. The Morgan fingerprint density at radius 2 is 1.30 bits per heavy atom. The van der Waals surface area contributed by atoms with Crippen LogP contribution in [-0.4, -0.2) is 21.8 Å². The molecule has 5 heteroatoms. The first-order chi connectivity index (χ1) is 25.3. The second-order valence-electron chi connectivity index (χ2n) is 15.1. The van der Waals surface area contributed by atoms with Crippen molar-refractivity contribution in [2.24, 2.45) is 0 Å². The van der Waals surface area contributed by atoms with Crippen molar-refractivity contribution in [1.29, 1.82) is 0 Å². The number of para-hydroxylation sites is 3. The van der Waals surface area contributed by atoms with E-state index >= 15 is 0 Å². The normalized spacial score (nSPS) is 14.3. The average Bonchev–Trinajstić information content (AvgIpc) is 3.82. The second-order valence-corrected chi connectivity index (χ2v) is 15.1. The van der Waals surface area contributed by atoms with Gasteiger partial charge in [0.25, 0.3) is 0 Å². The van der Waals surface area contributed by atoms with Crippen LogP contribution < -0.4 is 9.80 Å². The van der Waals surface area contributed by atoms with Crippen LogP contribution in [0.2, 0.25) is 0 Å². The van der Waals surface area contributed by atoms with Gasteiger partial charge in [-0.15, -0.1) is 22.6 Å². The van der Waals surface area contributed by atoms with Crippen molar-refractivity contribution >= 4 is 38.9 Å². The summed E-state index contributed by atoms with van der Waals surface area (Å²) in [4.78, 5) is 9.78. The summed E-state index contributed by atoms with van der Waals surface area (Å²) in [7, 11) is 0. The number of nitrogens with zero attached hydrogens (tertiary/aromatic N) is 4. The van der Waals surface area contributed by atoms with Gasteiger partial charge >= 0.3 is 21.1 Å². The van der Waals surface area contributed by atoms with Crippen LogP contribution in [0.1, 0.15) is 48.6 Å². The summed E-state index contributed by atoms with van der Waals surface area (Å²) in [6, 6.07) is 58.8. The van der Waals surface area contributed by atoms with Crippen LogP contribution in [0.25, 0.3) is 38.8 Å². The number of aryl methyl sites for hydroxylation is 1. The fourth-order valence-corrected chi connectivity index (χ4v) is 8.78. The number of fused-ring (bicyclic) bond motifs is 7. The third kappa shape index (κ3) is 4.89. The van der Waals surface area contributed by atoms with E-state index < -0.39 is 5.41 Å². The van der Waals surface area contributed by atoms with Gasteiger partial charge in [0, 0.05) is 22.7 Å². The molecule has 4 nitrogen and oxygen atoms in total. The fourth-order valence-electron chi connectivity index (χ4n) is 8.78. The molecule has 260 valence electrons. The number of anilines is 3. The molecular formula is C48H38N4Pt. The van der Waals surface area contributed by atoms with Crippen LogP contribution in [-0.2, 0) is 26.5 Å². The maximum atomic E-state index is 4.88. The summed E-state index contributed by atoms with van der Waals surface area (Å²) >= 11 is 0. The van der Waals surface area contributed by atoms with E-state index in [2.05, 4.69) is 194 Å². The number of rotatable bonds is 4. The minimum absolute atomic E-state index is 0. The first-order valence-electron chi connectivity index (χ1n) is 18.1. The van der Waals surface area contributed by atoms with Crippen LogP contribution >= 0.6 is 0 Å². The first-order valence-corrected chi connectivity index (χ1v) is 18.1. The standard InChI is InChI=1S/C48H38N4.Pt/c1-32-26-27-49-46(28-32)52-42-21-10-7-18-38(42)39-25-24-34(30-45(39)52)48(40-19-8-5-16-36(40)37-17-6-9-20-41(37)48)33-14-13-15-35(29-33)50-31-51(47(2,3)4)44-23-12-11-22-43(44)50;/h5-28H,31H2,1-4H3;/q-2;+2. The Balaban J connectivity index is 0.00000372. The Hall–Kier alpha value is -5.44. The Morgan fingerprint density at radius 1 is 0.642 bits per heavy atom. The molecule has 53 heavy (non-hydrogen) atoms. The molecule has 0 saturated heterocycles. The topological polar surface area (TPSA) is 24.3 Å². The molecule has 2 aliphatic rings. The van der Waals surface area contributed by atoms with E-state index in [9.17, 15) is 0 Å². The summed E-state index contributed by atoms with van der Waals surface area (Å²) in [6.45, 7) is 9.73. The molecule has 2 aromatic heterocycles. The molecule has 0 amide bonds. The van der Waals surface area contributed by atoms with Gasteiger partial charge in [-0.3, -0.25) is 0 Å². The van der Waals surface area contributed by atoms with E-state index in [0.717, 1.165) is 45.7 Å².